The van der Waals surface area contributed by atoms with Gasteiger partial charge in [-0.15, -0.1) is 13.2 Å². The Kier molecular flexibility index (Phi) is 7.20. The summed E-state index contributed by atoms with van der Waals surface area (Å²) < 4.78 is 12.1. The van der Waals surface area contributed by atoms with Crippen molar-refractivity contribution >= 4 is 17.8 Å². The van der Waals surface area contributed by atoms with Crippen LogP contribution >= 0.6 is 0 Å². The van der Waals surface area contributed by atoms with Gasteiger partial charge in [0, 0.05) is 19.1 Å². The highest BCUT2D eigenvalue weighted by atomic mass is 16.6. The molecule has 34 heavy (non-hydrogen) atoms. The van der Waals surface area contributed by atoms with Crippen LogP contribution in [0.5, 0.6) is 0 Å². The summed E-state index contributed by atoms with van der Waals surface area (Å²) in [6.07, 6.45) is 10.1. The van der Waals surface area contributed by atoms with Gasteiger partial charge >= 0.3 is 5.97 Å². The van der Waals surface area contributed by atoms with E-state index in [1.54, 1.807) is 12.2 Å². The second-order valence-electron chi connectivity index (χ2n) is 10.3. The molecule has 1 saturated carbocycles. The molecule has 4 aliphatic rings. The molecule has 188 valence electrons. The second-order valence-corrected chi connectivity index (χ2v) is 10.3. The first-order valence-corrected chi connectivity index (χ1v) is 12.6. The minimum Gasteiger partial charge on any atom is -0.465 e. The Bertz CT molecular complexity index is 839. The average molecular weight is 475 g/mol. The number of aliphatic hydroxyl groups excluding tert-OH is 1. The summed E-state index contributed by atoms with van der Waals surface area (Å²) in [6, 6.07) is -0.776. The molecule has 1 spiro atoms. The van der Waals surface area contributed by atoms with Crippen molar-refractivity contribution in [2.24, 2.45) is 11.8 Å². The fourth-order valence-corrected chi connectivity index (χ4v) is 6.85. The van der Waals surface area contributed by atoms with Crippen molar-refractivity contribution in [2.45, 2.75) is 81.6 Å². The summed E-state index contributed by atoms with van der Waals surface area (Å²) >= 11 is 0. The number of carbonyl (C=O) groups excluding carboxylic acids is 3. The molecule has 2 amide bonds. The Balaban J connectivity index is 1.69. The quantitative estimate of drug-likeness (QED) is 0.296. The van der Waals surface area contributed by atoms with Crippen molar-refractivity contribution < 1.29 is 29.0 Å². The van der Waals surface area contributed by atoms with Crippen LogP contribution in [0.2, 0.25) is 0 Å². The number of carbonyl (C=O) groups is 3. The zero-order valence-electron chi connectivity index (χ0n) is 20.2. The zero-order chi connectivity index (χ0) is 24.5. The largest absolute Gasteiger partial charge is 0.465 e. The van der Waals surface area contributed by atoms with Crippen LogP contribution in [0.3, 0.4) is 0 Å². The SMILES string of the molecule is C=CCCOC(=O)[C@H]1[C@H]2C(=O)N(CCO)C(C(=O)N(CC=C)C3CCCCC3)C23CC[C@]1(C)O3. The minimum atomic E-state index is -1.09. The van der Waals surface area contributed by atoms with Gasteiger partial charge in [0.05, 0.1) is 24.7 Å². The third-order valence-electron chi connectivity index (χ3n) is 8.30. The Morgan fingerprint density at radius 2 is 1.97 bits per heavy atom. The lowest BCUT2D eigenvalue weighted by Crippen LogP contribution is -2.58. The smallest absolute Gasteiger partial charge is 0.312 e. The Morgan fingerprint density at radius 1 is 1.24 bits per heavy atom. The summed E-state index contributed by atoms with van der Waals surface area (Å²) in [5, 5.41) is 9.76. The van der Waals surface area contributed by atoms with Gasteiger partial charge in [-0.2, -0.15) is 0 Å². The molecular formula is C26H38N2O6. The summed E-state index contributed by atoms with van der Waals surface area (Å²) in [4.78, 5) is 44.4. The van der Waals surface area contributed by atoms with Crippen molar-refractivity contribution in [2.75, 3.05) is 26.3 Å². The molecule has 0 radical (unpaired) electrons. The monoisotopic (exact) mass is 474 g/mol. The van der Waals surface area contributed by atoms with Gasteiger partial charge in [-0.3, -0.25) is 14.4 Å². The number of aliphatic hydroxyl groups is 1. The van der Waals surface area contributed by atoms with Crippen molar-refractivity contribution in [3.8, 4) is 0 Å². The molecule has 8 heteroatoms. The Morgan fingerprint density at radius 3 is 2.62 bits per heavy atom. The molecule has 0 aromatic rings. The van der Waals surface area contributed by atoms with E-state index in [4.69, 9.17) is 9.47 Å². The van der Waals surface area contributed by atoms with Crippen LogP contribution in [0.1, 0.15) is 58.3 Å². The van der Waals surface area contributed by atoms with Crippen molar-refractivity contribution in [1.29, 1.82) is 0 Å². The van der Waals surface area contributed by atoms with Gasteiger partial charge in [-0.1, -0.05) is 31.4 Å². The third-order valence-corrected chi connectivity index (χ3v) is 8.30. The molecule has 1 aliphatic carbocycles. The van der Waals surface area contributed by atoms with Crippen LogP contribution in [-0.4, -0.2) is 82.3 Å². The van der Waals surface area contributed by atoms with E-state index < -0.39 is 35.0 Å². The number of esters is 1. The summed E-state index contributed by atoms with van der Waals surface area (Å²) in [5.74, 6) is -2.50. The Labute approximate surface area is 201 Å². The van der Waals surface area contributed by atoms with E-state index in [1.165, 1.54) is 4.90 Å². The van der Waals surface area contributed by atoms with Crippen LogP contribution in [0.4, 0.5) is 0 Å². The highest BCUT2D eigenvalue weighted by Gasteiger charge is 2.78. The van der Waals surface area contributed by atoms with E-state index in [0.717, 1.165) is 32.1 Å². The lowest BCUT2D eigenvalue weighted by Gasteiger charge is -2.40. The van der Waals surface area contributed by atoms with E-state index in [9.17, 15) is 19.5 Å². The number of fused-ring (bicyclic) bond motifs is 1. The molecule has 2 unspecified atom stereocenters. The first-order valence-electron chi connectivity index (χ1n) is 12.6. The molecule has 0 aromatic heterocycles. The van der Waals surface area contributed by atoms with Crippen LogP contribution in [0, 0.1) is 11.8 Å². The molecule has 4 fully saturated rings. The lowest BCUT2D eigenvalue weighted by atomic mass is 9.66. The van der Waals surface area contributed by atoms with Crippen LogP contribution in [-0.2, 0) is 23.9 Å². The maximum Gasteiger partial charge on any atom is 0.312 e. The standard InChI is InChI=1S/C26H38N2O6/c1-4-6-17-33-24(32)20-19-22(30)28(15-16-29)21(26(19)13-12-25(20,3)34-26)23(31)27(14-5-2)18-10-8-7-9-11-18/h4-5,18-21,29H,1-2,6-17H2,3H3/t19-,20+,21?,25-,26?/m0/s1. The van der Waals surface area contributed by atoms with Gasteiger partial charge in [0.25, 0.3) is 0 Å². The molecule has 3 heterocycles. The lowest BCUT2D eigenvalue weighted by molar-refractivity contribution is -0.160. The number of rotatable bonds is 10. The fraction of sp³-hybridized carbons (Fsp3) is 0.731. The number of hydrogen-bond acceptors (Lipinski definition) is 6. The van der Waals surface area contributed by atoms with Crippen molar-refractivity contribution in [3.05, 3.63) is 25.3 Å². The molecule has 0 aromatic carbocycles. The predicted octanol–water partition coefficient (Wildman–Crippen LogP) is 2.21. The minimum absolute atomic E-state index is 0.0262. The molecule has 8 nitrogen and oxygen atoms in total. The number of nitrogens with zero attached hydrogens (tertiary/aromatic N) is 2. The number of amides is 2. The normalized spacial score (nSPS) is 34.7. The molecule has 4 rings (SSSR count). The first-order chi connectivity index (χ1) is 16.3. The van der Waals surface area contributed by atoms with Crippen LogP contribution in [0.15, 0.2) is 25.3 Å². The van der Waals surface area contributed by atoms with Crippen LogP contribution < -0.4 is 0 Å². The van der Waals surface area contributed by atoms with E-state index in [1.807, 2.05) is 11.8 Å². The van der Waals surface area contributed by atoms with E-state index in [-0.39, 0.29) is 37.6 Å². The fourth-order valence-electron chi connectivity index (χ4n) is 6.85. The van der Waals surface area contributed by atoms with Crippen molar-refractivity contribution in [3.63, 3.8) is 0 Å². The molecular weight excluding hydrogens is 436 g/mol. The topological polar surface area (TPSA) is 96.4 Å². The van der Waals surface area contributed by atoms with Crippen molar-refractivity contribution in [1.82, 2.24) is 9.80 Å². The third kappa shape index (κ3) is 3.88. The maximum absolute atomic E-state index is 14.2. The van der Waals surface area contributed by atoms with E-state index in [0.29, 0.717) is 25.8 Å². The Hall–Kier alpha value is -2.19. The van der Waals surface area contributed by atoms with E-state index >= 15 is 0 Å². The number of β-amino-alcohol motifs (C(OH)–C–C–N with tert-alkyl or cyclic N) is 1. The highest BCUT2D eigenvalue weighted by Crippen LogP contribution is 2.63. The van der Waals surface area contributed by atoms with Gasteiger partial charge in [0.1, 0.15) is 17.6 Å². The number of hydrogen-bond donors (Lipinski definition) is 1. The van der Waals surface area contributed by atoms with Gasteiger partial charge in [-0.25, -0.2) is 0 Å². The summed E-state index contributed by atoms with van der Waals surface area (Å²) in [6.45, 7) is 9.71. The van der Waals surface area contributed by atoms with Gasteiger partial charge < -0.3 is 24.4 Å². The predicted molar refractivity (Wildman–Crippen MR) is 126 cm³/mol. The number of likely N-dealkylation sites (tertiary alicyclic amines) is 1. The van der Waals surface area contributed by atoms with Gasteiger partial charge in [0.2, 0.25) is 11.8 Å². The zero-order valence-corrected chi connectivity index (χ0v) is 20.2. The summed E-state index contributed by atoms with van der Waals surface area (Å²) in [5.41, 5.74) is -1.95. The molecule has 2 bridgehead atoms. The molecule has 5 atom stereocenters. The van der Waals surface area contributed by atoms with Gasteiger partial charge in [0.15, 0.2) is 0 Å². The average Bonchev–Trinajstić information content (AvgIpc) is 3.39. The highest BCUT2D eigenvalue weighted by molar-refractivity contribution is 5.98. The summed E-state index contributed by atoms with van der Waals surface area (Å²) in [7, 11) is 0. The molecule has 3 aliphatic heterocycles. The second kappa shape index (κ2) is 9.82. The van der Waals surface area contributed by atoms with Crippen LogP contribution in [0.25, 0.3) is 0 Å². The maximum atomic E-state index is 14.2. The van der Waals surface area contributed by atoms with E-state index in [2.05, 4.69) is 13.2 Å². The molecule has 1 N–H and O–H groups in total. The number of ether oxygens (including phenoxy) is 2. The van der Waals surface area contributed by atoms with Gasteiger partial charge in [-0.05, 0) is 39.0 Å². The first kappa shape index (κ1) is 24.9. The molecule has 3 saturated heterocycles.